The van der Waals surface area contributed by atoms with Crippen LogP contribution < -0.4 is 0 Å². The minimum absolute atomic E-state index is 0.330. The van der Waals surface area contributed by atoms with Crippen LogP contribution >= 0.6 is 0 Å². The van der Waals surface area contributed by atoms with Crippen molar-refractivity contribution in [3.05, 3.63) is 41.5 Å². The molecule has 80 valence electrons. The summed E-state index contributed by atoms with van der Waals surface area (Å²) in [6.45, 7) is 0.330. The molecule has 0 saturated carbocycles. The molecule has 0 aliphatic heterocycles. The average Bonchev–Trinajstić information content (AvgIpc) is 2.68. The Balaban J connectivity index is 1.88. The summed E-state index contributed by atoms with van der Waals surface area (Å²) in [5.74, 6) is 0.611. The Morgan fingerprint density at radius 2 is 1.93 bits per heavy atom. The molecule has 1 aromatic carbocycles. The summed E-state index contributed by atoms with van der Waals surface area (Å²) in [7, 11) is 0. The molecule has 2 rings (SSSR count). The molecule has 0 radical (unpaired) electrons. The van der Waals surface area contributed by atoms with Gasteiger partial charge in [-0.25, -0.2) is 0 Å². The minimum Gasteiger partial charge on any atom is -0.396 e. The van der Waals surface area contributed by atoms with E-state index in [0.717, 1.165) is 12.8 Å². The third kappa shape index (κ3) is 2.48. The number of allylic oxidation sites excluding steroid dienone is 1. The van der Waals surface area contributed by atoms with Crippen LogP contribution in [0.15, 0.2) is 30.3 Å². The van der Waals surface area contributed by atoms with E-state index in [9.17, 15) is 0 Å². The van der Waals surface area contributed by atoms with Crippen molar-refractivity contribution in [2.75, 3.05) is 6.61 Å². The molecular weight excluding hydrogens is 184 g/mol. The topological polar surface area (TPSA) is 20.2 Å². The van der Waals surface area contributed by atoms with E-state index in [2.05, 4.69) is 36.4 Å². The Morgan fingerprint density at radius 3 is 2.80 bits per heavy atom. The van der Waals surface area contributed by atoms with Crippen molar-refractivity contribution in [1.29, 1.82) is 0 Å². The third-order valence-electron chi connectivity index (χ3n) is 3.08. The molecule has 1 unspecified atom stereocenters. The van der Waals surface area contributed by atoms with Gasteiger partial charge in [0.15, 0.2) is 0 Å². The van der Waals surface area contributed by atoms with Crippen molar-refractivity contribution in [3.8, 4) is 0 Å². The van der Waals surface area contributed by atoms with E-state index in [0.29, 0.717) is 12.5 Å². The summed E-state index contributed by atoms with van der Waals surface area (Å²) in [6.07, 6.45) is 9.05. The first-order valence-electron chi connectivity index (χ1n) is 5.80. The largest absolute Gasteiger partial charge is 0.396 e. The average molecular weight is 202 g/mol. The number of aliphatic hydroxyl groups is 1. The lowest BCUT2D eigenvalue weighted by Gasteiger charge is -2.10. The van der Waals surface area contributed by atoms with Gasteiger partial charge in [-0.1, -0.05) is 49.3 Å². The summed E-state index contributed by atoms with van der Waals surface area (Å²) in [6, 6.07) is 8.62. The van der Waals surface area contributed by atoms with E-state index in [1.54, 1.807) is 0 Å². The Hall–Kier alpha value is -1.08. The quantitative estimate of drug-likeness (QED) is 0.726. The summed E-state index contributed by atoms with van der Waals surface area (Å²) in [5.41, 5.74) is 2.85. The molecule has 0 bridgehead atoms. The maximum atomic E-state index is 8.70. The molecule has 1 N–H and O–H groups in total. The van der Waals surface area contributed by atoms with Crippen LogP contribution in [-0.4, -0.2) is 11.7 Å². The molecule has 0 saturated heterocycles. The fourth-order valence-electron chi connectivity index (χ4n) is 2.23. The SMILES string of the molecule is OCCCCCC1C=Cc2ccccc21. The number of unbranched alkanes of at least 4 members (excludes halogenated alkanes) is 2. The molecule has 0 heterocycles. The first-order chi connectivity index (χ1) is 7.42. The zero-order chi connectivity index (χ0) is 10.5. The zero-order valence-electron chi connectivity index (χ0n) is 9.02. The molecule has 0 amide bonds. The summed E-state index contributed by atoms with van der Waals surface area (Å²) in [5, 5.41) is 8.70. The second kappa shape index (κ2) is 5.13. The van der Waals surface area contributed by atoms with Crippen molar-refractivity contribution in [2.24, 2.45) is 0 Å². The lowest BCUT2D eigenvalue weighted by atomic mass is 9.95. The normalized spacial score (nSPS) is 18.1. The molecule has 1 aliphatic rings. The summed E-state index contributed by atoms with van der Waals surface area (Å²) >= 11 is 0. The van der Waals surface area contributed by atoms with E-state index in [1.165, 1.54) is 24.0 Å². The fraction of sp³-hybridized carbons (Fsp3) is 0.429. The molecule has 1 aromatic rings. The number of hydrogen-bond donors (Lipinski definition) is 1. The molecular formula is C14H18O. The molecule has 0 spiro atoms. The maximum absolute atomic E-state index is 8.70. The van der Waals surface area contributed by atoms with Gasteiger partial charge in [0.05, 0.1) is 0 Å². The molecule has 1 aliphatic carbocycles. The van der Waals surface area contributed by atoms with Gasteiger partial charge in [0.25, 0.3) is 0 Å². The molecule has 1 atom stereocenters. The molecule has 15 heavy (non-hydrogen) atoms. The Labute approximate surface area is 91.4 Å². The van der Waals surface area contributed by atoms with Gasteiger partial charge in [-0.3, -0.25) is 0 Å². The predicted octanol–water partition coefficient (Wildman–Crippen LogP) is 3.35. The minimum atomic E-state index is 0.330. The summed E-state index contributed by atoms with van der Waals surface area (Å²) in [4.78, 5) is 0. The van der Waals surface area contributed by atoms with Crippen LogP contribution in [0.4, 0.5) is 0 Å². The first-order valence-corrected chi connectivity index (χ1v) is 5.80. The van der Waals surface area contributed by atoms with Crippen LogP contribution in [0, 0.1) is 0 Å². The lowest BCUT2D eigenvalue weighted by Crippen LogP contribution is -1.93. The van der Waals surface area contributed by atoms with Gasteiger partial charge < -0.3 is 5.11 Å². The van der Waals surface area contributed by atoms with Crippen molar-refractivity contribution < 1.29 is 5.11 Å². The third-order valence-corrected chi connectivity index (χ3v) is 3.08. The first kappa shape index (κ1) is 10.4. The maximum Gasteiger partial charge on any atom is 0.0431 e. The highest BCUT2D eigenvalue weighted by atomic mass is 16.2. The molecule has 1 heteroatoms. The Bertz CT molecular complexity index is 341. The fourth-order valence-corrected chi connectivity index (χ4v) is 2.23. The highest BCUT2D eigenvalue weighted by Crippen LogP contribution is 2.33. The van der Waals surface area contributed by atoms with E-state index in [1.807, 2.05) is 0 Å². The van der Waals surface area contributed by atoms with Crippen molar-refractivity contribution in [3.63, 3.8) is 0 Å². The van der Waals surface area contributed by atoms with Gasteiger partial charge in [-0.2, -0.15) is 0 Å². The second-order valence-corrected chi connectivity index (χ2v) is 4.17. The van der Waals surface area contributed by atoms with Crippen LogP contribution in [0.5, 0.6) is 0 Å². The van der Waals surface area contributed by atoms with E-state index in [4.69, 9.17) is 5.11 Å². The van der Waals surface area contributed by atoms with Gasteiger partial charge in [-0.05, 0) is 24.0 Å². The summed E-state index contributed by atoms with van der Waals surface area (Å²) < 4.78 is 0. The van der Waals surface area contributed by atoms with E-state index in [-0.39, 0.29) is 0 Å². The van der Waals surface area contributed by atoms with Crippen molar-refractivity contribution in [1.82, 2.24) is 0 Å². The van der Waals surface area contributed by atoms with Gasteiger partial charge in [0.1, 0.15) is 0 Å². The van der Waals surface area contributed by atoms with Gasteiger partial charge in [0.2, 0.25) is 0 Å². The van der Waals surface area contributed by atoms with Crippen LogP contribution in [0.1, 0.15) is 42.7 Å². The van der Waals surface area contributed by atoms with E-state index < -0.39 is 0 Å². The van der Waals surface area contributed by atoms with Gasteiger partial charge >= 0.3 is 0 Å². The smallest absolute Gasteiger partial charge is 0.0431 e. The zero-order valence-corrected chi connectivity index (χ0v) is 9.02. The van der Waals surface area contributed by atoms with Crippen LogP contribution in [0.2, 0.25) is 0 Å². The van der Waals surface area contributed by atoms with Crippen LogP contribution in [-0.2, 0) is 0 Å². The van der Waals surface area contributed by atoms with Gasteiger partial charge in [0, 0.05) is 12.5 Å². The second-order valence-electron chi connectivity index (χ2n) is 4.17. The van der Waals surface area contributed by atoms with Crippen molar-refractivity contribution in [2.45, 2.75) is 31.6 Å². The van der Waals surface area contributed by atoms with Crippen LogP contribution in [0.3, 0.4) is 0 Å². The molecule has 0 aromatic heterocycles. The predicted molar refractivity (Wildman–Crippen MR) is 63.8 cm³/mol. The highest BCUT2D eigenvalue weighted by Gasteiger charge is 2.15. The monoisotopic (exact) mass is 202 g/mol. The van der Waals surface area contributed by atoms with Gasteiger partial charge in [-0.15, -0.1) is 0 Å². The van der Waals surface area contributed by atoms with Crippen molar-refractivity contribution >= 4 is 6.08 Å². The molecule has 0 fully saturated rings. The number of rotatable bonds is 5. The number of benzene rings is 1. The van der Waals surface area contributed by atoms with E-state index >= 15 is 0 Å². The number of fused-ring (bicyclic) bond motifs is 1. The standard InChI is InChI=1S/C14H18O/c15-11-5-1-2-6-12-9-10-13-7-3-4-8-14(12)13/h3-4,7-10,12,15H,1-2,5-6,11H2. The lowest BCUT2D eigenvalue weighted by molar-refractivity contribution is 0.282. The van der Waals surface area contributed by atoms with Crippen LogP contribution in [0.25, 0.3) is 6.08 Å². The Morgan fingerprint density at radius 1 is 1.07 bits per heavy atom. The highest BCUT2D eigenvalue weighted by molar-refractivity contribution is 5.62. The number of aliphatic hydroxyl groups excluding tert-OH is 1. The Kier molecular flexibility index (Phi) is 3.57. The number of hydrogen-bond acceptors (Lipinski definition) is 1. The molecule has 1 nitrogen and oxygen atoms in total.